The highest BCUT2D eigenvalue weighted by molar-refractivity contribution is 5.79. The fourth-order valence-corrected chi connectivity index (χ4v) is 2.89. The molecule has 0 saturated carbocycles. The van der Waals surface area contributed by atoms with Crippen LogP contribution in [-0.4, -0.2) is 23.0 Å². The van der Waals surface area contributed by atoms with Crippen molar-refractivity contribution in [2.24, 2.45) is 0 Å². The molecule has 0 heterocycles. The first-order valence-corrected chi connectivity index (χ1v) is 8.46. The Morgan fingerprint density at radius 3 is 2.40 bits per heavy atom. The van der Waals surface area contributed by atoms with Crippen molar-refractivity contribution in [1.82, 2.24) is 5.32 Å². The number of carbonyl (C=O) groups excluding carboxylic acids is 1. The SMILES string of the molecule is Cc1cccc(CC(CC(=O)O)NC(=O)Cc2ccc(C)c(C)c2)c1. The van der Waals surface area contributed by atoms with Gasteiger partial charge in [-0.05, 0) is 49.4 Å². The van der Waals surface area contributed by atoms with E-state index in [0.29, 0.717) is 6.42 Å². The quantitative estimate of drug-likeness (QED) is 0.813. The third kappa shape index (κ3) is 6.07. The number of nitrogens with one attached hydrogen (secondary N) is 1. The summed E-state index contributed by atoms with van der Waals surface area (Å²) in [5.74, 6) is -1.06. The van der Waals surface area contributed by atoms with E-state index >= 15 is 0 Å². The second kappa shape index (κ2) is 8.47. The fraction of sp³-hybridized carbons (Fsp3) is 0.333. The highest BCUT2D eigenvalue weighted by Gasteiger charge is 2.17. The van der Waals surface area contributed by atoms with Gasteiger partial charge in [0, 0.05) is 6.04 Å². The Bertz CT molecular complexity index is 767. The molecule has 1 unspecified atom stereocenters. The molecule has 0 aliphatic rings. The van der Waals surface area contributed by atoms with Crippen LogP contribution in [-0.2, 0) is 22.4 Å². The monoisotopic (exact) mass is 339 g/mol. The second-order valence-corrected chi connectivity index (χ2v) is 6.65. The highest BCUT2D eigenvalue weighted by atomic mass is 16.4. The van der Waals surface area contributed by atoms with E-state index in [2.05, 4.69) is 5.32 Å². The van der Waals surface area contributed by atoms with Crippen molar-refractivity contribution in [3.05, 3.63) is 70.3 Å². The van der Waals surface area contributed by atoms with Crippen molar-refractivity contribution < 1.29 is 14.7 Å². The molecular formula is C21H25NO3. The van der Waals surface area contributed by atoms with Gasteiger partial charge < -0.3 is 10.4 Å². The first kappa shape index (κ1) is 18.7. The third-order valence-corrected chi connectivity index (χ3v) is 4.29. The van der Waals surface area contributed by atoms with Gasteiger partial charge in [-0.15, -0.1) is 0 Å². The number of aliphatic carboxylic acids is 1. The summed E-state index contributed by atoms with van der Waals surface area (Å²) < 4.78 is 0. The molecule has 0 aliphatic carbocycles. The maximum atomic E-state index is 12.4. The molecule has 1 atom stereocenters. The van der Waals surface area contributed by atoms with E-state index in [-0.39, 0.29) is 18.7 Å². The zero-order valence-corrected chi connectivity index (χ0v) is 15.0. The van der Waals surface area contributed by atoms with Crippen molar-refractivity contribution >= 4 is 11.9 Å². The lowest BCUT2D eigenvalue weighted by Gasteiger charge is -2.18. The minimum absolute atomic E-state index is 0.0907. The summed E-state index contributed by atoms with van der Waals surface area (Å²) in [5, 5.41) is 12.0. The van der Waals surface area contributed by atoms with E-state index in [1.54, 1.807) is 0 Å². The van der Waals surface area contributed by atoms with E-state index in [9.17, 15) is 9.59 Å². The summed E-state index contributed by atoms with van der Waals surface area (Å²) in [6.45, 7) is 6.04. The molecule has 132 valence electrons. The predicted molar refractivity (Wildman–Crippen MR) is 98.7 cm³/mol. The van der Waals surface area contributed by atoms with E-state index < -0.39 is 12.0 Å². The number of carbonyl (C=O) groups is 2. The maximum Gasteiger partial charge on any atom is 0.305 e. The third-order valence-electron chi connectivity index (χ3n) is 4.29. The van der Waals surface area contributed by atoms with Gasteiger partial charge in [-0.25, -0.2) is 0 Å². The fourth-order valence-electron chi connectivity index (χ4n) is 2.89. The van der Waals surface area contributed by atoms with Gasteiger partial charge in [0.15, 0.2) is 0 Å². The van der Waals surface area contributed by atoms with Crippen molar-refractivity contribution in [2.75, 3.05) is 0 Å². The Morgan fingerprint density at radius 1 is 1.00 bits per heavy atom. The van der Waals surface area contributed by atoms with E-state index in [0.717, 1.165) is 22.3 Å². The minimum Gasteiger partial charge on any atom is -0.481 e. The number of rotatable bonds is 7. The number of carboxylic acid groups (broad SMARTS) is 1. The van der Waals surface area contributed by atoms with Gasteiger partial charge in [-0.2, -0.15) is 0 Å². The van der Waals surface area contributed by atoms with E-state index in [1.807, 2.05) is 63.2 Å². The van der Waals surface area contributed by atoms with Crippen LogP contribution in [0.5, 0.6) is 0 Å². The van der Waals surface area contributed by atoms with E-state index in [4.69, 9.17) is 5.11 Å². The van der Waals surface area contributed by atoms with Gasteiger partial charge in [0.1, 0.15) is 0 Å². The summed E-state index contributed by atoms with van der Waals surface area (Å²) in [7, 11) is 0. The van der Waals surface area contributed by atoms with Crippen LogP contribution in [0.4, 0.5) is 0 Å². The molecule has 0 saturated heterocycles. The van der Waals surface area contributed by atoms with Crippen LogP contribution in [0.25, 0.3) is 0 Å². The number of carboxylic acids is 1. The molecule has 0 spiro atoms. The molecule has 0 aliphatic heterocycles. The molecule has 25 heavy (non-hydrogen) atoms. The van der Waals surface area contributed by atoms with Crippen LogP contribution in [0, 0.1) is 20.8 Å². The van der Waals surface area contributed by atoms with Crippen LogP contribution in [0.1, 0.15) is 34.2 Å². The summed E-state index contributed by atoms with van der Waals surface area (Å²) in [6.07, 6.45) is 0.671. The topological polar surface area (TPSA) is 66.4 Å². The smallest absolute Gasteiger partial charge is 0.305 e. The average molecular weight is 339 g/mol. The number of aryl methyl sites for hydroxylation is 3. The first-order valence-electron chi connectivity index (χ1n) is 8.46. The molecule has 4 nitrogen and oxygen atoms in total. The molecule has 2 N–H and O–H groups in total. The normalized spacial score (nSPS) is 11.8. The largest absolute Gasteiger partial charge is 0.481 e. The number of hydrogen-bond acceptors (Lipinski definition) is 2. The molecule has 4 heteroatoms. The molecule has 2 aromatic rings. The molecule has 1 amide bonds. The Labute approximate surface area is 148 Å². The van der Waals surface area contributed by atoms with Crippen molar-refractivity contribution in [3.63, 3.8) is 0 Å². The van der Waals surface area contributed by atoms with Gasteiger partial charge in [-0.3, -0.25) is 9.59 Å². The molecule has 0 bridgehead atoms. The van der Waals surface area contributed by atoms with Gasteiger partial charge in [0.05, 0.1) is 12.8 Å². The standard InChI is InChI=1S/C21H25NO3/c1-14-5-4-6-17(9-14)11-19(13-21(24)25)22-20(23)12-18-8-7-15(2)16(3)10-18/h4-10,19H,11-13H2,1-3H3,(H,22,23)(H,24,25). The zero-order chi connectivity index (χ0) is 18.4. The lowest BCUT2D eigenvalue weighted by Crippen LogP contribution is -2.39. The summed E-state index contributed by atoms with van der Waals surface area (Å²) in [5.41, 5.74) is 5.41. The van der Waals surface area contributed by atoms with Crippen LogP contribution in [0.15, 0.2) is 42.5 Å². The summed E-state index contributed by atoms with van der Waals surface area (Å²) in [4.78, 5) is 23.5. The lowest BCUT2D eigenvalue weighted by atomic mass is 10.0. The van der Waals surface area contributed by atoms with Gasteiger partial charge >= 0.3 is 5.97 Å². The van der Waals surface area contributed by atoms with Crippen LogP contribution in [0.2, 0.25) is 0 Å². The van der Waals surface area contributed by atoms with Crippen LogP contribution < -0.4 is 5.32 Å². The average Bonchev–Trinajstić information content (AvgIpc) is 2.50. The lowest BCUT2D eigenvalue weighted by molar-refractivity contribution is -0.137. The summed E-state index contributed by atoms with van der Waals surface area (Å²) >= 11 is 0. The molecular weight excluding hydrogens is 314 g/mol. The molecule has 0 fully saturated rings. The Balaban J connectivity index is 2.03. The van der Waals surface area contributed by atoms with Crippen molar-refractivity contribution in [3.8, 4) is 0 Å². The molecule has 2 rings (SSSR count). The molecule has 0 aromatic heterocycles. The number of amides is 1. The Hall–Kier alpha value is -2.62. The Morgan fingerprint density at radius 2 is 1.76 bits per heavy atom. The van der Waals surface area contributed by atoms with E-state index in [1.165, 1.54) is 5.56 Å². The zero-order valence-electron chi connectivity index (χ0n) is 15.0. The summed E-state index contributed by atoms with van der Waals surface area (Å²) in [6, 6.07) is 13.4. The van der Waals surface area contributed by atoms with Crippen LogP contribution >= 0.6 is 0 Å². The Kier molecular flexibility index (Phi) is 6.34. The second-order valence-electron chi connectivity index (χ2n) is 6.65. The van der Waals surface area contributed by atoms with Gasteiger partial charge in [-0.1, -0.05) is 48.0 Å². The van der Waals surface area contributed by atoms with Crippen LogP contribution in [0.3, 0.4) is 0 Å². The predicted octanol–water partition coefficient (Wildman–Crippen LogP) is 3.36. The maximum absolute atomic E-state index is 12.4. The first-order chi connectivity index (χ1) is 11.8. The highest BCUT2D eigenvalue weighted by Crippen LogP contribution is 2.12. The van der Waals surface area contributed by atoms with Gasteiger partial charge in [0.25, 0.3) is 0 Å². The molecule has 2 aromatic carbocycles. The van der Waals surface area contributed by atoms with Crippen molar-refractivity contribution in [2.45, 2.75) is 46.1 Å². The number of benzene rings is 2. The molecule has 0 radical (unpaired) electrons. The minimum atomic E-state index is -0.913. The number of hydrogen-bond donors (Lipinski definition) is 2. The van der Waals surface area contributed by atoms with Crippen molar-refractivity contribution in [1.29, 1.82) is 0 Å². The van der Waals surface area contributed by atoms with Gasteiger partial charge in [0.2, 0.25) is 5.91 Å².